The van der Waals surface area contributed by atoms with E-state index in [9.17, 15) is 24.0 Å². The second-order valence-electron chi connectivity index (χ2n) is 12.3. The van der Waals surface area contributed by atoms with Crippen LogP contribution in [-0.4, -0.2) is 44.7 Å². The van der Waals surface area contributed by atoms with Gasteiger partial charge in [0, 0.05) is 42.1 Å². The van der Waals surface area contributed by atoms with Crippen LogP contribution < -0.4 is 10.9 Å². The maximum Gasteiger partial charge on any atom is 0.313 e. The molecule has 10 nitrogen and oxygen atoms in total. The second kappa shape index (κ2) is 11.0. The zero-order valence-electron chi connectivity index (χ0n) is 25.2. The average molecular weight is 613 g/mol. The van der Waals surface area contributed by atoms with Gasteiger partial charge < -0.3 is 14.6 Å². The van der Waals surface area contributed by atoms with Gasteiger partial charge in [-0.15, -0.1) is 0 Å². The number of rotatable bonds is 8. The fourth-order valence-electron chi connectivity index (χ4n) is 7.37. The number of esters is 1. The molecule has 0 saturated carbocycles. The molecule has 2 aromatic heterocycles. The number of unbranched alkanes of at least 4 members (excludes halogenated alkanes) is 2. The van der Waals surface area contributed by atoms with Gasteiger partial charge in [-0.05, 0) is 67.3 Å². The van der Waals surface area contributed by atoms with Crippen molar-refractivity contribution in [3.63, 3.8) is 0 Å². The molecule has 11 heteroatoms. The van der Waals surface area contributed by atoms with Crippen LogP contribution in [0.1, 0.15) is 90.8 Å². The van der Waals surface area contributed by atoms with Crippen LogP contribution in [0.2, 0.25) is 0 Å². The lowest BCUT2D eigenvalue weighted by atomic mass is 9.81. The molecule has 0 spiro atoms. The lowest BCUT2D eigenvalue weighted by Gasteiger charge is -2.30. The minimum Gasteiger partial charge on any atom is -0.460 e. The molecule has 5 heterocycles. The van der Waals surface area contributed by atoms with Gasteiger partial charge in [-0.25, -0.2) is 9.37 Å². The molecule has 45 heavy (non-hydrogen) atoms. The van der Waals surface area contributed by atoms with Crippen LogP contribution in [0.3, 0.4) is 0 Å². The number of halogens is 1. The highest BCUT2D eigenvalue weighted by molar-refractivity contribution is 6.12. The summed E-state index contributed by atoms with van der Waals surface area (Å²) in [5.74, 6) is -1.98. The molecule has 3 aliphatic heterocycles. The first-order valence-electron chi connectivity index (χ1n) is 15.6. The maximum absolute atomic E-state index is 15.1. The molecule has 0 fully saturated rings. The number of aromatic nitrogens is 2. The molecule has 0 saturated heterocycles. The van der Waals surface area contributed by atoms with Crippen LogP contribution in [-0.2, 0) is 43.5 Å². The summed E-state index contributed by atoms with van der Waals surface area (Å²) in [5.41, 5.74) is 5.66. The summed E-state index contributed by atoms with van der Waals surface area (Å²) in [7, 11) is 0. The number of carbonyl (C=O) groups excluding carboxylic acids is 4. The number of imide groups is 1. The first-order valence-corrected chi connectivity index (χ1v) is 15.6. The number of ether oxygens (including phenoxy) is 1. The van der Waals surface area contributed by atoms with E-state index < -0.39 is 5.92 Å². The van der Waals surface area contributed by atoms with Crippen molar-refractivity contribution in [3.8, 4) is 11.4 Å². The molecule has 0 unspecified atom stereocenters. The van der Waals surface area contributed by atoms with Gasteiger partial charge in [0.1, 0.15) is 12.4 Å². The maximum atomic E-state index is 15.1. The minimum absolute atomic E-state index is 0.0723. The predicted octanol–water partition coefficient (Wildman–Crippen LogP) is 4.01. The predicted molar refractivity (Wildman–Crippen MR) is 162 cm³/mol. The number of cyclic esters (lactones) is 1. The highest BCUT2D eigenvalue weighted by Crippen LogP contribution is 2.45. The van der Waals surface area contributed by atoms with E-state index in [-0.39, 0.29) is 60.7 Å². The number of fused-ring (bicyclic) bond motifs is 5. The SMILES string of the molecule is CC[C@H]1C(=O)OCc2c1cc1n(c2=O)Cc2c-1nc1cc(F)c(C)c3c1c2[C@@H](NC(=O)CCCCCN1C(=O)C=CC1=O)CC3. The molecule has 3 amide bonds. The number of hydrogen-bond donors (Lipinski definition) is 1. The molecule has 3 aromatic rings. The van der Waals surface area contributed by atoms with Gasteiger partial charge >= 0.3 is 5.97 Å². The molecular weight excluding hydrogens is 579 g/mol. The zero-order valence-corrected chi connectivity index (χ0v) is 25.2. The largest absolute Gasteiger partial charge is 0.460 e. The monoisotopic (exact) mass is 612 g/mol. The van der Waals surface area contributed by atoms with Crippen molar-refractivity contribution in [2.45, 2.75) is 83.9 Å². The number of amides is 3. The topological polar surface area (TPSA) is 128 Å². The van der Waals surface area contributed by atoms with E-state index in [4.69, 9.17) is 9.72 Å². The third-order valence-corrected chi connectivity index (χ3v) is 9.72. The molecule has 232 valence electrons. The molecular formula is C34H33FN4O6. The van der Waals surface area contributed by atoms with E-state index in [1.54, 1.807) is 11.5 Å². The third-order valence-electron chi connectivity index (χ3n) is 9.72. The van der Waals surface area contributed by atoms with Crippen LogP contribution in [0, 0.1) is 12.7 Å². The molecule has 7 rings (SSSR count). The molecule has 4 aliphatic rings. The quantitative estimate of drug-likeness (QED) is 0.181. The van der Waals surface area contributed by atoms with E-state index >= 15 is 4.39 Å². The van der Waals surface area contributed by atoms with Crippen LogP contribution in [0.5, 0.6) is 0 Å². The highest BCUT2D eigenvalue weighted by atomic mass is 19.1. The zero-order chi connectivity index (χ0) is 31.6. The van der Waals surface area contributed by atoms with E-state index in [0.717, 1.165) is 22.1 Å². The molecule has 0 radical (unpaired) electrons. The second-order valence-corrected chi connectivity index (χ2v) is 12.3. The van der Waals surface area contributed by atoms with E-state index in [1.165, 1.54) is 23.1 Å². The Morgan fingerprint density at radius 3 is 2.60 bits per heavy atom. The van der Waals surface area contributed by atoms with Crippen LogP contribution in [0.4, 0.5) is 4.39 Å². The number of carbonyl (C=O) groups is 4. The molecule has 1 N–H and O–H groups in total. The van der Waals surface area contributed by atoms with Crippen LogP contribution in [0.25, 0.3) is 22.3 Å². The normalized spacial score (nSPS) is 19.5. The van der Waals surface area contributed by atoms with Crippen molar-refractivity contribution in [2.24, 2.45) is 0 Å². The van der Waals surface area contributed by atoms with Gasteiger partial charge in [0.05, 0.1) is 41.0 Å². The van der Waals surface area contributed by atoms with E-state index in [0.29, 0.717) is 78.7 Å². The first-order chi connectivity index (χ1) is 21.7. The van der Waals surface area contributed by atoms with Crippen molar-refractivity contribution in [3.05, 3.63) is 73.8 Å². The molecule has 2 atom stereocenters. The Labute approximate surface area is 258 Å². The average Bonchev–Trinajstić information content (AvgIpc) is 3.54. The molecule has 1 aliphatic carbocycles. The van der Waals surface area contributed by atoms with Crippen LogP contribution in [0.15, 0.2) is 29.1 Å². The van der Waals surface area contributed by atoms with E-state index in [1.807, 2.05) is 13.0 Å². The lowest BCUT2D eigenvalue weighted by Crippen LogP contribution is -2.33. The van der Waals surface area contributed by atoms with Crippen LogP contribution >= 0.6 is 0 Å². The lowest BCUT2D eigenvalue weighted by molar-refractivity contribution is -0.148. The number of nitrogens with zero attached hydrogens (tertiary/aromatic N) is 3. The Balaban J connectivity index is 1.19. The molecule has 0 bridgehead atoms. The van der Waals surface area contributed by atoms with Crippen molar-refractivity contribution in [1.29, 1.82) is 0 Å². The fraction of sp³-hybridized carbons (Fsp3) is 0.412. The summed E-state index contributed by atoms with van der Waals surface area (Å²) < 4.78 is 22.1. The van der Waals surface area contributed by atoms with E-state index in [2.05, 4.69) is 5.32 Å². The Morgan fingerprint density at radius 2 is 1.84 bits per heavy atom. The van der Waals surface area contributed by atoms with Gasteiger partial charge in [-0.2, -0.15) is 0 Å². The Morgan fingerprint density at radius 1 is 1.07 bits per heavy atom. The Hall–Kier alpha value is -4.67. The Kier molecular flexibility index (Phi) is 7.13. The van der Waals surface area contributed by atoms with Gasteiger partial charge in [0.25, 0.3) is 17.4 Å². The number of nitrogens with one attached hydrogen (secondary N) is 1. The number of aryl methyl sites for hydroxylation is 1. The van der Waals surface area contributed by atoms with Crippen molar-refractivity contribution in [2.75, 3.05) is 6.54 Å². The minimum atomic E-state index is -0.540. The summed E-state index contributed by atoms with van der Waals surface area (Å²) in [5, 5.41) is 4.03. The van der Waals surface area contributed by atoms with Gasteiger partial charge in [-0.1, -0.05) is 13.3 Å². The summed E-state index contributed by atoms with van der Waals surface area (Å²) in [6, 6.07) is 2.94. The Bertz CT molecular complexity index is 1910. The summed E-state index contributed by atoms with van der Waals surface area (Å²) in [6.07, 6.45) is 6.33. The third kappa shape index (κ3) is 4.67. The number of hydrogen-bond acceptors (Lipinski definition) is 7. The summed E-state index contributed by atoms with van der Waals surface area (Å²) in [4.78, 5) is 69.1. The van der Waals surface area contributed by atoms with Crippen molar-refractivity contribution >= 4 is 34.6 Å². The standard InChI is InChI=1S/C34H33FN4O6/c1-3-18-20-13-26-32-21(15-39(26)33(43)22(20)16-45-34(18)44)31-24(9-8-19-17(2)23(35)14-25(37-32)30(19)31)36-27(40)7-5-4-6-12-38-28(41)10-11-29(38)42/h10-11,13-14,18,24H,3-9,12,15-16H2,1-2H3,(H,36,40)/t18-,24+/m1/s1. The number of pyridine rings is 2. The molecule has 1 aromatic carbocycles. The summed E-state index contributed by atoms with van der Waals surface area (Å²) >= 11 is 0. The number of benzene rings is 1. The van der Waals surface area contributed by atoms with Gasteiger partial charge in [0.15, 0.2) is 0 Å². The van der Waals surface area contributed by atoms with Crippen molar-refractivity contribution < 1.29 is 28.3 Å². The summed E-state index contributed by atoms with van der Waals surface area (Å²) in [6.45, 7) is 4.14. The highest BCUT2D eigenvalue weighted by Gasteiger charge is 2.37. The van der Waals surface area contributed by atoms with Crippen molar-refractivity contribution in [1.82, 2.24) is 19.8 Å². The van der Waals surface area contributed by atoms with Gasteiger partial charge in [0.2, 0.25) is 5.91 Å². The fourth-order valence-corrected chi connectivity index (χ4v) is 7.37. The smallest absolute Gasteiger partial charge is 0.313 e. The first kappa shape index (κ1) is 29.1. The van der Waals surface area contributed by atoms with Gasteiger partial charge in [-0.3, -0.25) is 28.9 Å².